The number of nitrogens with zero attached hydrogens (tertiary/aromatic N) is 4. The first-order valence-corrected chi connectivity index (χ1v) is 6.89. The lowest BCUT2D eigenvalue weighted by molar-refractivity contribution is 0.0603. The lowest BCUT2D eigenvalue weighted by Crippen LogP contribution is -2.20. The van der Waals surface area contributed by atoms with E-state index in [4.69, 9.17) is 15.7 Å². The summed E-state index contributed by atoms with van der Waals surface area (Å²) in [4.78, 5) is 18.3. The SMILES string of the molecule is COC(=O)c1c(N(C)Cc2nccn2C)sc(C#N)c1N. The lowest BCUT2D eigenvalue weighted by Gasteiger charge is -2.18. The molecule has 0 atom stereocenters. The van der Waals surface area contributed by atoms with Crippen LogP contribution < -0.4 is 10.6 Å². The van der Waals surface area contributed by atoms with Gasteiger partial charge in [-0.25, -0.2) is 9.78 Å². The molecule has 7 nitrogen and oxygen atoms in total. The van der Waals surface area contributed by atoms with Crippen molar-refractivity contribution >= 4 is 28.0 Å². The molecule has 0 spiro atoms. The van der Waals surface area contributed by atoms with E-state index in [-0.39, 0.29) is 11.3 Å². The van der Waals surface area contributed by atoms with Crippen LogP contribution in [0, 0.1) is 11.3 Å². The molecule has 0 saturated heterocycles. The maximum atomic E-state index is 11.9. The number of aryl methyl sites for hydroxylation is 1. The summed E-state index contributed by atoms with van der Waals surface area (Å²) in [5.74, 6) is 0.283. The highest BCUT2D eigenvalue weighted by Crippen LogP contribution is 2.38. The summed E-state index contributed by atoms with van der Waals surface area (Å²) in [6.45, 7) is 0.484. The molecule has 0 radical (unpaired) electrons. The average molecular weight is 305 g/mol. The highest BCUT2D eigenvalue weighted by atomic mass is 32.1. The van der Waals surface area contributed by atoms with E-state index in [1.165, 1.54) is 18.4 Å². The van der Waals surface area contributed by atoms with Gasteiger partial charge in [-0.1, -0.05) is 0 Å². The van der Waals surface area contributed by atoms with Crippen molar-refractivity contribution in [3.8, 4) is 6.07 Å². The molecule has 110 valence electrons. The van der Waals surface area contributed by atoms with Gasteiger partial charge in [0.05, 0.1) is 19.3 Å². The van der Waals surface area contributed by atoms with Crippen molar-refractivity contribution in [3.63, 3.8) is 0 Å². The zero-order valence-corrected chi connectivity index (χ0v) is 12.8. The fourth-order valence-corrected chi connectivity index (χ4v) is 2.88. The minimum absolute atomic E-state index is 0.163. The minimum atomic E-state index is -0.549. The van der Waals surface area contributed by atoms with Gasteiger partial charge in [0.1, 0.15) is 27.3 Å². The summed E-state index contributed by atoms with van der Waals surface area (Å²) in [5.41, 5.74) is 6.27. The van der Waals surface area contributed by atoms with Crippen LogP contribution in [0.25, 0.3) is 0 Å². The summed E-state index contributed by atoms with van der Waals surface area (Å²) in [6.07, 6.45) is 3.54. The summed E-state index contributed by atoms with van der Waals surface area (Å²) in [7, 11) is 4.99. The van der Waals surface area contributed by atoms with Gasteiger partial charge >= 0.3 is 5.97 Å². The molecule has 0 unspecified atom stereocenters. The first-order chi connectivity index (χ1) is 9.99. The monoisotopic (exact) mass is 305 g/mol. The van der Waals surface area contributed by atoms with E-state index in [9.17, 15) is 4.79 Å². The molecule has 0 fully saturated rings. The number of thiophene rings is 1. The molecule has 2 aromatic rings. The fraction of sp³-hybridized carbons (Fsp3) is 0.308. The molecule has 2 N–H and O–H groups in total. The topological polar surface area (TPSA) is 97.2 Å². The third-order valence-electron chi connectivity index (χ3n) is 3.06. The summed E-state index contributed by atoms with van der Waals surface area (Å²) >= 11 is 1.17. The maximum absolute atomic E-state index is 11.9. The standard InChI is InChI=1S/C13H15N5O2S/c1-17-5-4-16-9(17)7-18(2)12-10(13(19)20-3)11(15)8(6-14)21-12/h4-5H,7,15H2,1-3H3. The van der Waals surface area contributed by atoms with Gasteiger partial charge in [0.25, 0.3) is 0 Å². The third kappa shape index (κ3) is 2.68. The Morgan fingerprint density at radius 1 is 1.67 bits per heavy atom. The predicted octanol–water partition coefficient (Wildman–Crippen LogP) is 1.36. The van der Waals surface area contributed by atoms with Crippen LogP contribution in [-0.4, -0.2) is 29.7 Å². The molecule has 0 aliphatic heterocycles. The molecule has 0 aromatic carbocycles. The van der Waals surface area contributed by atoms with Crippen LogP contribution in [0.2, 0.25) is 0 Å². The van der Waals surface area contributed by atoms with Crippen LogP contribution in [0.5, 0.6) is 0 Å². The van der Waals surface area contributed by atoms with Gasteiger partial charge in [0.15, 0.2) is 0 Å². The minimum Gasteiger partial charge on any atom is -0.465 e. The summed E-state index contributed by atoms with van der Waals surface area (Å²) < 4.78 is 6.64. The molecule has 2 rings (SSSR count). The number of nitrogen functional groups attached to an aromatic ring is 1. The molecule has 21 heavy (non-hydrogen) atoms. The number of carbonyl (C=O) groups is 1. The Kier molecular flexibility index (Phi) is 4.14. The van der Waals surface area contributed by atoms with Crippen LogP contribution in [0.4, 0.5) is 10.7 Å². The van der Waals surface area contributed by atoms with Crippen molar-refractivity contribution in [3.05, 3.63) is 28.7 Å². The molecule has 2 aromatic heterocycles. The van der Waals surface area contributed by atoms with Crippen LogP contribution in [0.3, 0.4) is 0 Å². The Morgan fingerprint density at radius 2 is 2.38 bits per heavy atom. The molecular weight excluding hydrogens is 290 g/mol. The predicted molar refractivity (Wildman–Crippen MR) is 80.1 cm³/mol. The second kappa shape index (κ2) is 5.85. The fourth-order valence-electron chi connectivity index (χ4n) is 1.92. The van der Waals surface area contributed by atoms with Gasteiger partial charge < -0.3 is 19.9 Å². The number of anilines is 2. The number of carbonyl (C=O) groups excluding carboxylic acids is 1. The Balaban J connectivity index is 2.41. The number of hydrogen-bond acceptors (Lipinski definition) is 7. The molecule has 8 heteroatoms. The van der Waals surface area contributed by atoms with Gasteiger partial charge in [-0.2, -0.15) is 5.26 Å². The number of nitriles is 1. The first-order valence-electron chi connectivity index (χ1n) is 6.07. The number of ether oxygens (including phenoxy) is 1. The number of rotatable bonds is 4. The van der Waals surface area contributed by atoms with Gasteiger partial charge in [-0.05, 0) is 0 Å². The quantitative estimate of drug-likeness (QED) is 0.857. The van der Waals surface area contributed by atoms with Crippen molar-refractivity contribution in [2.45, 2.75) is 6.54 Å². The van der Waals surface area contributed by atoms with Gasteiger partial charge in [-0.15, -0.1) is 11.3 Å². The van der Waals surface area contributed by atoms with Gasteiger partial charge in [-0.3, -0.25) is 0 Å². The van der Waals surface area contributed by atoms with Crippen molar-refractivity contribution < 1.29 is 9.53 Å². The molecule has 0 amide bonds. The third-order valence-corrected chi connectivity index (χ3v) is 4.29. The Labute approximate surface area is 126 Å². The number of nitrogens with two attached hydrogens (primary N) is 1. The Hall–Kier alpha value is -2.53. The van der Waals surface area contributed by atoms with E-state index in [2.05, 4.69) is 4.98 Å². The lowest BCUT2D eigenvalue weighted by atomic mass is 10.2. The number of imidazole rings is 1. The molecular formula is C13H15N5O2S. The second-order valence-electron chi connectivity index (χ2n) is 4.44. The summed E-state index contributed by atoms with van der Waals surface area (Å²) in [5, 5.41) is 9.68. The molecule has 0 saturated carbocycles. The Bertz CT molecular complexity index is 713. The van der Waals surface area contributed by atoms with Crippen molar-refractivity contribution in [1.82, 2.24) is 9.55 Å². The average Bonchev–Trinajstić information content (AvgIpc) is 3.02. The number of esters is 1. The van der Waals surface area contributed by atoms with E-state index in [1.54, 1.807) is 6.20 Å². The van der Waals surface area contributed by atoms with E-state index in [0.29, 0.717) is 16.4 Å². The van der Waals surface area contributed by atoms with Crippen LogP contribution in [0.1, 0.15) is 21.1 Å². The van der Waals surface area contributed by atoms with Crippen LogP contribution in [-0.2, 0) is 18.3 Å². The zero-order chi connectivity index (χ0) is 15.6. The van der Waals surface area contributed by atoms with Crippen LogP contribution in [0.15, 0.2) is 12.4 Å². The number of aromatic nitrogens is 2. The Morgan fingerprint density at radius 3 is 2.90 bits per heavy atom. The highest BCUT2D eigenvalue weighted by molar-refractivity contribution is 7.17. The van der Waals surface area contributed by atoms with Crippen molar-refractivity contribution in [2.24, 2.45) is 7.05 Å². The molecule has 2 heterocycles. The number of hydrogen-bond donors (Lipinski definition) is 1. The largest absolute Gasteiger partial charge is 0.465 e. The zero-order valence-electron chi connectivity index (χ0n) is 12.0. The van der Waals surface area contributed by atoms with E-state index in [0.717, 1.165) is 5.82 Å². The van der Waals surface area contributed by atoms with Gasteiger partial charge in [0.2, 0.25) is 0 Å². The normalized spacial score (nSPS) is 10.2. The van der Waals surface area contributed by atoms with E-state index in [1.807, 2.05) is 35.8 Å². The van der Waals surface area contributed by atoms with Crippen molar-refractivity contribution in [1.29, 1.82) is 5.26 Å². The van der Waals surface area contributed by atoms with Crippen molar-refractivity contribution in [2.75, 3.05) is 24.8 Å². The van der Waals surface area contributed by atoms with Crippen LogP contribution >= 0.6 is 11.3 Å². The van der Waals surface area contributed by atoms with E-state index >= 15 is 0 Å². The molecule has 0 aliphatic rings. The molecule has 0 bridgehead atoms. The summed E-state index contributed by atoms with van der Waals surface area (Å²) in [6, 6.07) is 2.00. The maximum Gasteiger partial charge on any atom is 0.343 e. The first kappa shape index (κ1) is 14.9. The van der Waals surface area contributed by atoms with Gasteiger partial charge in [0, 0.05) is 26.5 Å². The number of methoxy groups -OCH3 is 1. The smallest absolute Gasteiger partial charge is 0.343 e. The second-order valence-corrected chi connectivity index (χ2v) is 5.44. The van der Waals surface area contributed by atoms with E-state index < -0.39 is 5.97 Å². The molecule has 0 aliphatic carbocycles. The highest BCUT2D eigenvalue weighted by Gasteiger charge is 2.25.